The molecule has 6 nitrogen and oxygen atoms in total. The van der Waals surface area contributed by atoms with Gasteiger partial charge in [-0.25, -0.2) is 5.10 Å². The minimum absolute atomic E-state index is 0.0949. The molecule has 2 aromatic carbocycles. The van der Waals surface area contributed by atoms with Crippen LogP contribution in [0.5, 0.6) is 0 Å². The molecule has 0 spiro atoms. The second-order valence-electron chi connectivity index (χ2n) is 6.34. The van der Waals surface area contributed by atoms with Crippen LogP contribution in [0.3, 0.4) is 0 Å². The summed E-state index contributed by atoms with van der Waals surface area (Å²) in [5.41, 5.74) is 1.53. The van der Waals surface area contributed by atoms with Gasteiger partial charge in [-0.15, -0.1) is 0 Å². The Kier molecular flexibility index (Phi) is 6.20. The van der Waals surface area contributed by atoms with Gasteiger partial charge in [-0.3, -0.25) is 9.59 Å². The van der Waals surface area contributed by atoms with Gasteiger partial charge in [-0.1, -0.05) is 36.4 Å². The molecule has 0 aliphatic carbocycles. The monoisotopic (exact) mass is 364 g/mol. The number of hydrogen-bond donors (Lipinski definition) is 2. The third kappa shape index (κ3) is 4.73. The Morgan fingerprint density at radius 1 is 1.07 bits per heavy atom. The van der Waals surface area contributed by atoms with Gasteiger partial charge in [-0.05, 0) is 31.5 Å². The fourth-order valence-corrected chi connectivity index (χ4v) is 3.13. The predicted molar refractivity (Wildman–Crippen MR) is 108 cm³/mol. The molecule has 6 heteroatoms. The first-order valence-corrected chi connectivity index (χ1v) is 9.22. The second kappa shape index (κ2) is 8.98. The fourth-order valence-electron chi connectivity index (χ4n) is 3.13. The zero-order valence-electron chi connectivity index (χ0n) is 15.4. The fraction of sp³-hybridized carbons (Fsp3) is 0.286. The van der Waals surface area contributed by atoms with Crippen molar-refractivity contribution < 1.29 is 4.79 Å². The molecule has 0 atom stereocenters. The molecular weight excluding hydrogens is 340 g/mol. The standard InChI is InChI=1S/C21H24N4O2/c1-2-25(16-9-4-3-5-10-16)14-8-13-22-20(26)15-19-17-11-6-7-12-18(17)21(27)24-23-19/h3-7,9-12H,2,8,13-15H2,1H3,(H,22,26)(H,24,27). The summed E-state index contributed by atoms with van der Waals surface area (Å²) in [6.45, 7) is 4.52. The molecule has 1 heterocycles. The Morgan fingerprint density at radius 2 is 1.78 bits per heavy atom. The van der Waals surface area contributed by atoms with E-state index in [1.54, 1.807) is 12.1 Å². The summed E-state index contributed by atoms with van der Waals surface area (Å²) in [6.07, 6.45) is 1.00. The SMILES string of the molecule is CCN(CCCNC(=O)Cc1n[nH]c(=O)c2ccccc12)c1ccccc1. The number of rotatable bonds is 8. The lowest BCUT2D eigenvalue weighted by molar-refractivity contribution is -0.120. The molecule has 0 bridgehead atoms. The van der Waals surface area contributed by atoms with E-state index in [4.69, 9.17) is 0 Å². The van der Waals surface area contributed by atoms with Gasteiger partial charge in [0.15, 0.2) is 0 Å². The molecule has 0 radical (unpaired) electrons. The number of aromatic nitrogens is 2. The van der Waals surface area contributed by atoms with Crippen molar-refractivity contribution in [3.8, 4) is 0 Å². The maximum absolute atomic E-state index is 12.3. The van der Waals surface area contributed by atoms with E-state index in [9.17, 15) is 9.59 Å². The highest BCUT2D eigenvalue weighted by molar-refractivity contribution is 5.88. The van der Waals surface area contributed by atoms with E-state index in [1.807, 2.05) is 30.3 Å². The zero-order valence-corrected chi connectivity index (χ0v) is 15.4. The number of fused-ring (bicyclic) bond motifs is 1. The van der Waals surface area contributed by atoms with E-state index in [-0.39, 0.29) is 17.9 Å². The van der Waals surface area contributed by atoms with Crippen molar-refractivity contribution in [2.45, 2.75) is 19.8 Å². The smallest absolute Gasteiger partial charge is 0.272 e. The number of carbonyl (C=O) groups excluding carboxylic acids is 1. The number of carbonyl (C=O) groups is 1. The van der Waals surface area contributed by atoms with E-state index >= 15 is 0 Å². The lowest BCUT2D eigenvalue weighted by Gasteiger charge is -2.23. The molecule has 0 aliphatic heterocycles. The van der Waals surface area contributed by atoms with Gasteiger partial charge >= 0.3 is 0 Å². The number of nitrogens with one attached hydrogen (secondary N) is 2. The first kappa shape index (κ1) is 18.6. The van der Waals surface area contributed by atoms with Crippen molar-refractivity contribution in [3.05, 3.63) is 70.6 Å². The second-order valence-corrected chi connectivity index (χ2v) is 6.34. The molecule has 0 aliphatic rings. The maximum Gasteiger partial charge on any atom is 0.272 e. The zero-order chi connectivity index (χ0) is 19.1. The van der Waals surface area contributed by atoms with Crippen molar-refractivity contribution in [2.75, 3.05) is 24.5 Å². The van der Waals surface area contributed by atoms with Crippen LogP contribution in [-0.4, -0.2) is 35.7 Å². The lowest BCUT2D eigenvalue weighted by atomic mass is 10.1. The van der Waals surface area contributed by atoms with E-state index in [2.05, 4.69) is 39.5 Å². The van der Waals surface area contributed by atoms with Crippen LogP contribution in [0.1, 0.15) is 19.0 Å². The summed E-state index contributed by atoms with van der Waals surface area (Å²) in [4.78, 5) is 26.4. The molecule has 0 fully saturated rings. The number of H-pyrrole nitrogens is 1. The molecule has 140 valence electrons. The quantitative estimate of drug-likeness (QED) is 0.602. The highest BCUT2D eigenvalue weighted by Crippen LogP contribution is 2.14. The number of anilines is 1. The molecule has 0 saturated heterocycles. The average molecular weight is 364 g/mol. The molecule has 0 saturated carbocycles. The van der Waals surface area contributed by atoms with Gasteiger partial charge in [0, 0.05) is 30.7 Å². The minimum atomic E-state index is -0.240. The average Bonchev–Trinajstić information content (AvgIpc) is 2.71. The summed E-state index contributed by atoms with van der Waals surface area (Å²) >= 11 is 0. The van der Waals surface area contributed by atoms with Crippen LogP contribution in [0, 0.1) is 0 Å². The lowest BCUT2D eigenvalue weighted by Crippen LogP contribution is -2.31. The van der Waals surface area contributed by atoms with Crippen LogP contribution in [0.4, 0.5) is 5.69 Å². The maximum atomic E-state index is 12.3. The highest BCUT2D eigenvalue weighted by Gasteiger charge is 2.10. The normalized spacial score (nSPS) is 10.7. The van der Waals surface area contributed by atoms with Crippen LogP contribution < -0.4 is 15.8 Å². The van der Waals surface area contributed by atoms with Crippen molar-refractivity contribution in [2.24, 2.45) is 0 Å². The minimum Gasteiger partial charge on any atom is -0.372 e. The Morgan fingerprint density at radius 3 is 2.52 bits per heavy atom. The summed E-state index contributed by atoms with van der Waals surface area (Å²) in [5, 5.41) is 10.7. The van der Waals surface area contributed by atoms with E-state index < -0.39 is 0 Å². The van der Waals surface area contributed by atoms with E-state index in [0.717, 1.165) is 24.9 Å². The van der Waals surface area contributed by atoms with Crippen LogP contribution in [0.25, 0.3) is 10.8 Å². The number of hydrogen-bond acceptors (Lipinski definition) is 4. The van der Waals surface area contributed by atoms with Gasteiger partial charge in [0.2, 0.25) is 5.91 Å². The van der Waals surface area contributed by atoms with Crippen LogP contribution >= 0.6 is 0 Å². The topological polar surface area (TPSA) is 78.1 Å². The van der Waals surface area contributed by atoms with Crippen LogP contribution in [0.15, 0.2) is 59.4 Å². The molecular formula is C21H24N4O2. The van der Waals surface area contributed by atoms with E-state index in [1.165, 1.54) is 5.69 Å². The van der Waals surface area contributed by atoms with Gasteiger partial charge in [0.05, 0.1) is 17.5 Å². The summed E-state index contributed by atoms with van der Waals surface area (Å²) < 4.78 is 0. The summed E-state index contributed by atoms with van der Waals surface area (Å²) in [6, 6.07) is 17.4. The number of benzene rings is 2. The molecule has 1 aromatic heterocycles. The van der Waals surface area contributed by atoms with Gasteiger partial charge < -0.3 is 10.2 Å². The van der Waals surface area contributed by atoms with Crippen LogP contribution in [0.2, 0.25) is 0 Å². The van der Waals surface area contributed by atoms with E-state index in [0.29, 0.717) is 17.6 Å². The molecule has 3 rings (SSSR count). The number of para-hydroxylation sites is 1. The Bertz CT molecular complexity index is 953. The third-order valence-electron chi connectivity index (χ3n) is 4.53. The van der Waals surface area contributed by atoms with Crippen molar-refractivity contribution in [1.29, 1.82) is 0 Å². The number of aromatic amines is 1. The number of amides is 1. The van der Waals surface area contributed by atoms with Crippen molar-refractivity contribution in [1.82, 2.24) is 15.5 Å². The Labute approximate surface area is 158 Å². The molecule has 2 N–H and O–H groups in total. The predicted octanol–water partition coefficient (Wildman–Crippen LogP) is 2.50. The highest BCUT2D eigenvalue weighted by atomic mass is 16.1. The molecule has 27 heavy (non-hydrogen) atoms. The largest absolute Gasteiger partial charge is 0.372 e. The Hall–Kier alpha value is -3.15. The number of nitrogens with zero attached hydrogens (tertiary/aromatic N) is 2. The van der Waals surface area contributed by atoms with Crippen LogP contribution in [-0.2, 0) is 11.2 Å². The van der Waals surface area contributed by atoms with Gasteiger partial charge in [-0.2, -0.15) is 5.10 Å². The molecule has 3 aromatic rings. The van der Waals surface area contributed by atoms with Gasteiger partial charge in [0.25, 0.3) is 5.56 Å². The summed E-state index contributed by atoms with van der Waals surface area (Å²) in [5.74, 6) is -0.0949. The third-order valence-corrected chi connectivity index (χ3v) is 4.53. The van der Waals surface area contributed by atoms with Gasteiger partial charge in [0.1, 0.15) is 0 Å². The first-order chi connectivity index (χ1) is 13.2. The molecule has 0 unspecified atom stereocenters. The first-order valence-electron chi connectivity index (χ1n) is 9.22. The summed E-state index contributed by atoms with van der Waals surface area (Å²) in [7, 11) is 0. The Balaban J connectivity index is 1.52. The van der Waals surface area contributed by atoms with Crippen molar-refractivity contribution in [3.63, 3.8) is 0 Å². The molecule has 1 amide bonds. The van der Waals surface area contributed by atoms with Crippen molar-refractivity contribution >= 4 is 22.4 Å².